The second kappa shape index (κ2) is 3.37. The van der Waals surface area contributed by atoms with Gasteiger partial charge in [-0.05, 0) is 25.0 Å². The first-order chi connectivity index (χ1) is 7.77. The molecule has 3 heteroatoms. The second-order valence-corrected chi connectivity index (χ2v) is 4.35. The van der Waals surface area contributed by atoms with Gasteiger partial charge in [0.05, 0.1) is 5.52 Å². The first kappa shape index (κ1) is 9.46. The van der Waals surface area contributed by atoms with Gasteiger partial charge in [0.25, 0.3) is 0 Å². The van der Waals surface area contributed by atoms with E-state index in [4.69, 9.17) is 0 Å². The van der Waals surface area contributed by atoms with Crippen molar-refractivity contribution in [3.05, 3.63) is 40.1 Å². The van der Waals surface area contributed by atoms with E-state index in [1.165, 1.54) is 0 Å². The summed E-state index contributed by atoms with van der Waals surface area (Å²) in [6, 6.07) is 7.71. The fraction of sp³-hybridized carbons (Fsp3) is 0.308. The Kier molecular flexibility index (Phi) is 1.99. The number of anilines is 1. The Labute approximate surface area is 93.7 Å². The maximum Gasteiger partial charge on any atom is 0.194 e. The predicted octanol–water partition coefficient (Wildman–Crippen LogP) is 1.91. The van der Waals surface area contributed by atoms with Crippen molar-refractivity contribution in [2.45, 2.75) is 12.8 Å². The van der Waals surface area contributed by atoms with Crippen LogP contribution >= 0.6 is 0 Å². The molecule has 0 unspecified atom stereocenters. The maximum absolute atomic E-state index is 12.3. The number of nitrogens with zero attached hydrogens (tertiary/aromatic N) is 1. The maximum atomic E-state index is 12.3. The van der Waals surface area contributed by atoms with Crippen LogP contribution in [0.1, 0.15) is 12.0 Å². The van der Waals surface area contributed by atoms with Gasteiger partial charge in [-0.15, -0.1) is 0 Å². The molecule has 2 heterocycles. The van der Waals surface area contributed by atoms with Gasteiger partial charge in [-0.1, -0.05) is 12.1 Å². The van der Waals surface area contributed by atoms with Gasteiger partial charge >= 0.3 is 0 Å². The summed E-state index contributed by atoms with van der Waals surface area (Å²) in [5, 5.41) is 0.802. The summed E-state index contributed by atoms with van der Waals surface area (Å²) < 4.78 is 0. The number of aromatic nitrogens is 1. The largest absolute Gasteiger partial charge is 0.361 e. The predicted molar refractivity (Wildman–Crippen MR) is 66.2 cm³/mol. The summed E-state index contributed by atoms with van der Waals surface area (Å²) in [5.74, 6) is 0.995. The molecule has 0 atom stereocenters. The van der Waals surface area contributed by atoms with Crippen LogP contribution in [-0.4, -0.2) is 18.6 Å². The van der Waals surface area contributed by atoms with Crippen molar-refractivity contribution in [1.82, 2.24) is 4.98 Å². The molecule has 0 aliphatic carbocycles. The monoisotopic (exact) mass is 214 g/mol. The summed E-state index contributed by atoms with van der Waals surface area (Å²) in [6.45, 7) is 1.02. The lowest BCUT2D eigenvalue weighted by atomic mass is 10.0. The SMILES string of the molecule is CN1CCCc2c1[nH]c1ccccc1c2=O. The van der Waals surface area contributed by atoms with Gasteiger partial charge in [-0.2, -0.15) is 0 Å². The highest BCUT2D eigenvalue weighted by Crippen LogP contribution is 2.23. The topological polar surface area (TPSA) is 36.1 Å². The molecule has 0 saturated heterocycles. The fourth-order valence-corrected chi connectivity index (χ4v) is 2.43. The van der Waals surface area contributed by atoms with Gasteiger partial charge in [-0.3, -0.25) is 4.79 Å². The molecule has 3 rings (SSSR count). The lowest BCUT2D eigenvalue weighted by molar-refractivity contribution is 0.730. The smallest absolute Gasteiger partial charge is 0.194 e. The number of fused-ring (bicyclic) bond motifs is 2. The Morgan fingerprint density at radius 2 is 2.12 bits per heavy atom. The third-order valence-corrected chi connectivity index (χ3v) is 3.29. The number of hydrogen-bond acceptors (Lipinski definition) is 2. The molecular formula is C13H14N2O. The van der Waals surface area contributed by atoms with Crippen LogP contribution in [0, 0.1) is 0 Å². The molecule has 2 aromatic rings. The molecule has 1 aromatic carbocycles. The van der Waals surface area contributed by atoms with Crippen LogP contribution in [0.5, 0.6) is 0 Å². The zero-order valence-corrected chi connectivity index (χ0v) is 9.29. The summed E-state index contributed by atoms with van der Waals surface area (Å²) in [5.41, 5.74) is 2.06. The van der Waals surface area contributed by atoms with Crippen LogP contribution in [0.4, 0.5) is 5.82 Å². The van der Waals surface area contributed by atoms with Gasteiger partial charge in [0, 0.05) is 24.5 Å². The average molecular weight is 214 g/mol. The quantitative estimate of drug-likeness (QED) is 0.727. The molecule has 0 bridgehead atoms. The molecule has 1 aromatic heterocycles. The molecular weight excluding hydrogens is 200 g/mol. The molecule has 0 radical (unpaired) electrons. The van der Waals surface area contributed by atoms with E-state index in [2.05, 4.69) is 9.88 Å². The lowest BCUT2D eigenvalue weighted by Crippen LogP contribution is -2.30. The molecule has 1 N–H and O–H groups in total. The normalized spacial score (nSPS) is 15.2. The standard InChI is InChI=1S/C13H14N2O/c1-15-8-4-6-10-12(16)9-5-2-3-7-11(9)14-13(10)15/h2-3,5,7H,4,6,8H2,1H3,(H,14,16). The van der Waals surface area contributed by atoms with Crippen molar-refractivity contribution in [3.63, 3.8) is 0 Å². The number of benzene rings is 1. The number of pyridine rings is 1. The molecule has 3 nitrogen and oxygen atoms in total. The average Bonchev–Trinajstić information content (AvgIpc) is 2.31. The Balaban J connectivity index is 2.41. The van der Waals surface area contributed by atoms with E-state index < -0.39 is 0 Å². The van der Waals surface area contributed by atoms with Gasteiger partial charge in [0.2, 0.25) is 0 Å². The second-order valence-electron chi connectivity index (χ2n) is 4.35. The van der Waals surface area contributed by atoms with Crippen molar-refractivity contribution in [2.24, 2.45) is 0 Å². The Bertz CT molecular complexity index is 600. The van der Waals surface area contributed by atoms with Crippen LogP contribution in [-0.2, 0) is 6.42 Å². The van der Waals surface area contributed by atoms with Crippen molar-refractivity contribution in [2.75, 3.05) is 18.5 Å². The molecule has 0 amide bonds. The zero-order valence-electron chi connectivity index (χ0n) is 9.29. The highest BCUT2D eigenvalue weighted by atomic mass is 16.1. The van der Waals surface area contributed by atoms with Crippen molar-refractivity contribution in [1.29, 1.82) is 0 Å². The zero-order chi connectivity index (χ0) is 11.1. The number of aromatic amines is 1. The minimum atomic E-state index is 0.191. The third-order valence-electron chi connectivity index (χ3n) is 3.29. The van der Waals surface area contributed by atoms with Crippen LogP contribution < -0.4 is 10.3 Å². The third kappa shape index (κ3) is 1.24. The van der Waals surface area contributed by atoms with E-state index in [9.17, 15) is 4.79 Å². The molecule has 1 aliphatic rings. The van der Waals surface area contributed by atoms with Crippen LogP contribution in [0.15, 0.2) is 29.1 Å². The van der Waals surface area contributed by atoms with Gasteiger partial charge in [-0.25, -0.2) is 0 Å². The van der Waals surface area contributed by atoms with Crippen molar-refractivity contribution >= 4 is 16.7 Å². The number of rotatable bonds is 0. The van der Waals surface area contributed by atoms with E-state index in [0.29, 0.717) is 0 Å². The minimum absolute atomic E-state index is 0.191. The summed E-state index contributed by atoms with van der Waals surface area (Å²) >= 11 is 0. The number of H-pyrrole nitrogens is 1. The van der Waals surface area contributed by atoms with E-state index in [-0.39, 0.29) is 5.43 Å². The van der Waals surface area contributed by atoms with E-state index in [0.717, 1.165) is 41.7 Å². The summed E-state index contributed by atoms with van der Waals surface area (Å²) in [4.78, 5) is 17.8. The highest BCUT2D eigenvalue weighted by molar-refractivity contribution is 5.81. The molecule has 16 heavy (non-hydrogen) atoms. The van der Waals surface area contributed by atoms with E-state index in [1.54, 1.807) is 0 Å². The number of para-hydroxylation sites is 1. The van der Waals surface area contributed by atoms with Crippen LogP contribution in [0.2, 0.25) is 0 Å². The molecule has 1 aliphatic heterocycles. The van der Waals surface area contributed by atoms with E-state index in [1.807, 2.05) is 31.3 Å². The van der Waals surface area contributed by atoms with E-state index >= 15 is 0 Å². The fourth-order valence-electron chi connectivity index (χ4n) is 2.43. The Hall–Kier alpha value is -1.77. The molecule has 0 fully saturated rings. The molecule has 82 valence electrons. The first-order valence-electron chi connectivity index (χ1n) is 5.62. The summed E-state index contributed by atoms with van der Waals surface area (Å²) in [6.07, 6.45) is 1.95. The summed E-state index contributed by atoms with van der Waals surface area (Å²) in [7, 11) is 2.03. The van der Waals surface area contributed by atoms with Crippen LogP contribution in [0.25, 0.3) is 10.9 Å². The van der Waals surface area contributed by atoms with Crippen molar-refractivity contribution in [3.8, 4) is 0 Å². The minimum Gasteiger partial charge on any atom is -0.361 e. The number of nitrogens with one attached hydrogen (secondary N) is 1. The van der Waals surface area contributed by atoms with Crippen molar-refractivity contribution < 1.29 is 0 Å². The molecule has 0 spiro atoms. The first-order valence-corrected chi connectivity index (χ1v) is 5.62. The van der Waals surface area contributed by atoms with Crippen LogP contribution in [0.3, 0.4) is 0 Å². The highest BCUT2D eigenvalue weighted by Gasteiger charge is 2.18. The number of hydrogen-bond donors (Lipinski definition) is 1. The lowest BCUT2D eigenvalue weighted by Gasteiger charge is -2.26. The van der Waals surface area contributed by atoms with Gasteiger partial charge in [0.1, 0.15) is 5.82 Å². The Morgan fingerprint density at radius 1 is 1.31 bits per heavy atom. The van der Waals surface area contributed by atoms with Gasteiger partial charge in [0.15, 0.2) is 5.43 Å². The molecule has 0 saturated carbocycles. The Morgan fingerprint density at radius 3 is 3.00 bits per heavy atom. The van der Waals surface area contributed by atoms with Gasteiger partial charge < -0.3 is 9.88 Å².